The zero-order valence-corrected chi connectivity index (χ0v) is 14.1. The maximum atomic E-state index is 13.2. The second-order valence-corrected chi connectivity index (χ2v) is 6.88. The van der Waals surface area contributed by atoms with Crippen LogP contribution in [0.15, 0.2) is 36.5 Å². The first kappa shape index (κ1) is 14.6. The second kappa shape index (κ2) is 5.37. The van der Waals surface area contributed by atoms with E-state index in [1.54, 1.807) is 6.20 Å². The molecule has 1 aliphatic carbocycles. The van der Waals surface area contributed by atoms with Gasteiger partial charge in [0.15, 0.2) is 5.82 Å². The minimum absolute atomic E-state index is 0.0355. The summed E-state index contributed by atoms with van der Waals surface area (Å²) in [4.78, 5) is 24.2. The van der Waals surface area contributed by atoms with E-state index < -0.39 is 0 Å². The monoisotopic (exact) mass is 333 g/mol. The highest BCUT2D eigenvalue weighted by molar-refractivity contribution is 6.06. The van der Waals surface area contributed by atoms with Crippen molar-refractivity contribution in [3.8, 4) is 0 Å². The molecule has 0 radical (unpaired) electrons. The highest BCUT2D eigenvalue weighted by Crippen LogP contribution is 2.39. The van der Waals surface area contributed by atoms with Crippen LogP contribution >= 0.6 is 0 Å². The summed E-state index contributed by atoms with van der Waals surface area (Å²) in [5.41, 5.74) is 1.55. The summed E-state index contributed by atoms with van der Waals surface area (Å²) in [6.45, 7) is 3.39. The first-order valence-corrected chi connectivity index (χ1v) is 8.82. The number of hydrogen-bond acceptors (Lipinski definition) is 4. The average molecular weight is 333 g/mol. The Morgan fingerprint density at radius 1 is 1.16 bits per heavy atom. The van der Waals surface area contributed by atoms with Crippen LogP contribution in [0.4, 0.5) is 0 Å². The van der Waals surface area contributed by atoms with Gasteiger partial charge < -0.3 is 4.90 Å². The Morgan fingerprint density at radius 3 is 2.84 bits per heavy atom. The topological polar surface area (TPSA) is 63.9 Å². The van der Waals surface area contributed by atoms with Crippen molar-refractivity contribution >= 4 is 16.8 Å². The third kappa shape index (κ3) is 2.32. The Kier molecular flexibility index (Phi) is 3.13. The molecule has 6 heteroatoms. The van der Waals surface area contributed by atoms with Crippen molar-refractivity contribution < 1.29 is 4.79 Å². The summed E-state index contributed by atoms with van der Waals surface area (Å²) in [7, 11) is 0. The van der Waals surface area contributed by atoms with E-state index in [2.05, 4.69) is 10.1 Å². The fraction of sp³-hybridized carbons (Fsp3) is 0.368. The van der Waals surface area contributed by atoms with Crippen LogP contribution in [0.2, 0.25) is 0 Å². The number of carbonyl (C=O) groups excluding carboxylic acids is 1. The van der Waals surface area contributed by atoms with E-state index in [1.807, 2.05) is 46.8 Å². The summed E-state index contributed by atoms with van der Waals surface area (Å²) in [6, 6.07) is 9.51. The van der Waals surface area contributed by atoms with Crippen LogP contribution in [-0.4, -0.2) is 37.1 Å². The first-order chi connectivity index (χ1) is 12.2. The molecule has 1 atom stereocenters. The predicted molar refractivity (Wildman–Crippen MR) is 93.2 cm³/mol. The van der Waals surface area contributed by atoms with Crippen molar-refractivity contribution in [1.82, 2.24) is 24.6 Å². The molecule has 1 fully saturated rings. The van der Waals surface area contributed by atoms with E-state index in [0.717, 1.165) is 22.6 Å². The van der Waals surface area contributed by atoms with E-state index in [4.69, 9.17) is 4.98 Å². The number of aromatic nitrogens is 4. The Balaban J connectivity index is 1.51. The van der Waals surface area contributed by atoms with Gasteiger partial charge in [-0.15, -0.1) is 0 Å². The van der Waals surface area contributed by atoms with E-state index in [-0.39, 0.29) is 11.9 Å². The van der Waals surface area contributed by atoms with Crippen LogP contribution in [0, 0.1) is 0 Å². The van der Waals surface area contributed by atoms with Gasteiger partial charge in [0.25, 0.3) is 5.91 Å². The number of rotatable bonds is 2. The fourth-order valence-electron chi connectivity index (χ4n) is 3.61. The van der Waals surface area contributed by atoms with Crippen molar-refractivity contribution in [2.24, 2.45) is 0 Å². The molecule has 0 N–H and O–H groups in total. The summed E-state index contributed by atoms with van der Waals surface area (Å²) in [5.74, 6) is 2.41. The third-order valence-electron chi connectivity index (χ3n) is 5.19. The van der Waals surface area contributed by atoms with E-state index >= 15 is 0 Å². The van der Waals surface area contributed by atoms with Crippen LogP contribution in [0.5, 0.6) is 0 Å². The van der Waals surface area contributed by atoms with Crippen molar-refractivity contribution in [3.05, 3.63) is 53.7 Å². The number of amides is 1. The molecule has 0 saturated heterocycles. The molecular weight excluding hydrogens is 314 g/mol. The van der Waals surface area contributed by atoms with Gasteiger partial charge in [0.05, 0.1) is 23.7 Å². The Morgan fingerprint density at radius 2 is 2.00 bits per heavy atom. The van der Waals surface area contributed by atoms with Gasteiger partial charge in [0, 0.05) is 24.0 Å². The number of carbonyl (C=O) groups is 1. The lowest BCUT2D eigenvalue weighted by Crippen LogP contribution is -2.41. The second-order valence-electron chi connectivity index (χ2n) is 6.88. The molecule has 1 saturated carbocycles. The summed E-state index contributed by atoms with van der Waals surface area (Å²) < 4.78 is 1.98. The molecule has 2 aliphatic rings. The zero-order chi connectivity index (χ0) is 17.0. The number of benzene rings is 1. The zero-order valence-electron chi connectivity index (χ0n) is 14.1. The molecule has 3 aromatic rings. The minimum atomic E-state index is -0.0758. The molecule has 0 bridgehead atoms. The molecule has 25 heavy (non-hydrogen) atoms. The smallest absolute Gasteiger partial charge is 0.255 e. The molecule has 1 amide bonds. The number of fused-ring (bicyclic) bond motifs is 2. The van der Waals surface area contributed by atoms with Gasteiger partial charge in [-0.05, 0) is 31.9 Å². The molecule has 5 rings (SSSR count). The number of pyridine rings is 1. The average Bonchev–Trinajstić information content (AvgIpc) is 3.40. The van der Waals surface area contributed by atoms with E-state index in [9.17, 15) is 4.79 Å². The van der Waals surface area contributed by atoms with E-state index in [1.165, 1.54) is 12.8 Å². The van der Waals surface area contributed by atoms with Crippen LogP contribution < -0.4 is 0 Å². The van der Waals surface area contributed by atoms with Crippen molar-refractivity contribution in [2.75, 3.05) is 6.54 Å². The molecule has 1 aromatic carbocycles. The van der Waals surface area contributed by atoms with Gasteiger partial charge in [-0.25, -0.2) is 9.67 Å². The Hall–Kier alpha value is -2.76. The molecule has 0 unspecified atom stereocenters. The normalized spacial score (nSPS) is 19.9. The maximum absolute atomic E-state index is 13.2. The standard InChI is InChI=1S/C19H19N5O/c1-12-18-21-17(13-6-7-13)22-24(18)11-10-23(12)19(25)15-8-9-20-16-5-3-2-4-14(15)16/h2-5,8-9,12-13H,6-7,10-11H2,1H3/t12-/m1/s1. The SMILES string of the molecule is C[C@@H]1c2nc(C3CC3)nn2CCN1C(=O)c1ccnc2ccccc12. The Bertz CT molecular complexity index is 970. The van der Waals surface area contributed by atoms with Gasteiger partial charge in [-0.3, -0.25) is 9.78 Å². The lowest BCUT2D eigenvalue weighted by molar-refractivity contribution is 0.0632. The van der Waals surface area contributed by atoms with Crippen molar-refractivity contribution in [3.63, 3.8) is 0 Å². The quantitative estimate of drug-likeness (QED) is 0.723. The number of hydrogen-bond donors (Lipinski definition) is 0. The fourth-order valence-corrected chi connectivity index (χ4v) is 3.61. The number of nitrogens with zero attached hydrogens (tertiary/aromatic N) is 5. The highest BCUT2D eigenvalue weighted by Gasteiger charge is 2.35. The number of para-hydroxylation sites is 1. The van der Waals surface area contributed by atoms with Gasteiger partial charge in [-0.2, -0.15) is 5.10 Å². The lowest BCUT2D eigenvalue weighted by Gasteiger charge is -2.33. The Labute approximate surface area is 145 Å². The van der Waals surface area contributed by atoms with Crippen LogP contribution in [0.25, 0.3) is 10.9 Å². The summed E-state index contributed by atoms with van der Waals surface area (Å²) in [6.07, 6.45) is 4.07. The maximum Gasteiger partial charge on any atom is 0.255 e. The molecule has 3 heterocycles. The summed E-state index contributed by atoms with van der Waals surface area (Å²) >= 11 is 0. The summed E-state index contributed by atoms with van der Waals surface area (Å²) in [5, 5.41) is 5.53. The first-order valence-electron chi connectivity index (χ1n) is 8.82. The molecule has 0 spiro atoms. The van der Waals surface area contributed by atoms with Gasteiger partial charge in [0.2, 0.25) is 0 Å². The third-order valence-corrected chi connectivity index (χ3v) is 5.19. The highest BCUT2D eigenvalue weighted by atomic mass is 16.2. The van der Waals surface area contributed by atoms with E-state index in [0.29, 0.717) is 24.6 Å². The van der Waals surface area contributed by atoms with Gasteiger partial charge >= 0.3 is 0 Å². The molecule has 126 valence electrons. The van der Waals surface area contributed by atoms with Gasteiger partial charge in [-0.1, -0.05) is 18.2 Å². The van der Waals surface area contributed by atoms with Crippen LogP contribution in [0.3, 0.4) is 0 Å². The van der Waals surface area contributed by atoms with Crippen molar-refractivity contribution in [2.45, 2.75) is 38.3 Å². The minimum Gasteiger partial charge on any atom is -0.327 e. The van der Waals surface area contributed by atoms with Gasteiger partial charge in [0.1, 0.15) is 5.82 Å². The largest absolute Gasteiger partial charge is 0.327 e. The van der Waals surface area contributed by atoms with Crippen LogP contribution in [0.1, 0.15) is 53.7 Å². The molecule has 1 aliphatic heterocycles. The predicted octanol–water partition coefficient (Wildman–Crippen LogP) is 2.92. The van der Waals surface area contributed by atoms with Crippen LogP contribution in [-0.2, 0) is 6.54 Å². The van der Waals surface area contributed by atoms with Crippen molar-refractivity contribution in [1.29, 1.82) is 0 Å². The molecule has 6 nitrogen and oxygen atoms in total. The lowest BCUT2D eigenvalue weighted by atomic mass is 10.1. The molecular formula is C19H19N5O. The molecule has 2 aromatic heterocycles.